The summed E-state index contributed by atoms with van der Waals surface area (Å²) in [6.45, 7) is 1.70. The Morgan fingerprint density at radius 1 is 1.24 bits per heavy atom. The van der Waals surface area contributed by atoms with Gasteiger partial charge in [0.25, 0.3) is 5.91 Å². The van der Waals surface area contributed by atoms with Crippen LogP contribution in [0.25, 0.3) is 0 Å². The van der Waals surface area contributed by atoms with Crippen molar-refractivity contribution in [3.05, 3.63) is 52.3 Å². The molecule has 0 aliphatic heterocycles. The average Bonchev–Trinajstić information content (AvgIpc) is 2.37. The second kappa shape index (κ2) is 5.80. The van der Waals surface area contributed by atoms with Gasteiger partial charge in [-0.2, -0.15) is 0 Å². The molecule has 108 valence electrons. The number of hydrogen-bond acceptors (Lipinski definition) is 4. The van der Waals surface area contributed by atoms with Crippen LogP contribution in [0.3, 0.4) is 0 Å². The molecule has 0 spiro atoms. The van der Waals surface area contributed by atoms with Crippen molar-refractivity contribution in [2.45, 2.75) is 6.92 Å². The molecule has 21 heavy (non-hydrogen) atoms. The van der Waals surface area contributed by atoms with E-state index in [1.54, 1.807) is 13.0 Å². The summed E-state index contributed by atoms with van der Waals surface area (Å²) in [6, 6.07) is 6.73. The number of aromatic nitrogens is 1. The van der Waals surface area contributed by atoms with Crippen molar-refractivity contribution in [2.75, 3.05) is 5.32 Å². The van der Waals surface area contributed by atoms with E-state index >= 15 is 0 Å². The molecule has 0 saturated carbocycles. The van der Waals surface area contributed by atoms with E-state index in [-0.39, 0.29) is 16.4 Å². The largest absolute Gasteiger partial charge is 0.507 e. The Hall–Kier alpha value is -2.60. The van der Waals surface area contributed by atoms with E-state index in [4.69, 9.17) is 16.7 Å². The predicted octanol–water partition coefficient (Wildman–Crippen LogP) is 2.70. The Morgan fingerprint density at radius 2 is 1.95 bits per heavy atom. The summed E-state index contributed by atoms with van der Waals surface area (Å²) in [4.78, 5) is 26.8. The fraction of sp³-hybridized carbons (Fsp3) is 0.0714. The van der Waals surface area contributed by atoms with Gasteiger partial charge in [-0.05, 0) is 31.2 Å². The zero-order valence-corrected chi connectivity index (χ0v) is 11.7. The molecule has 1 heterocycles. The van der Waals surface area contributed by atoms with Gasteiger partial charge in [-0.3, -0.25) is 4.79 Å². The number of nitrogens with zero attached hydrogens (tertiary/aromatic N) is 1. The maximum Gasteiger partial charge on any atom is 0.339 e. The molecule has 2 rings (SSSR count). The number of nitrogens with one attached hydrogen (secondary N) is 1. The highest BCUT2D eigenvalue weighted by Gasteiger charge is 2.12. The number of aromatic hydroxyl groups is 1. The Bertz CT molecular complexity index is 711. The minimum Gasteiger partial charge on any atom is -0.507 e. The Kier molecular flexibility index (Phi) is 4.09. The van der Waals surface area contributed by atoms with E-state index in [9.17, 15) is 14.7 Å². The first-order valence-corrected chi connectivity index (χ1v) is 6.26. The van der Waals surface area contributed by atoms with Crippen molar-refractivity contribution in [3.8, 4) is 5.75 Å². The summed E-state index contributed by atoms with van der Waals surface area (Å²) in [5.41, 5.74) is 0.940. The number of halogens is 1. The highest BCUT2D eigenvalue weighted by Crippen LogP contribution is 2.22. The molecule has 0 fully saturated rings. The lowest BCUT2D eigenvalue weighted by molar-refractivity contribution is 0.0693. The van der Waals surface area contributed by atoms with Crippen molar-refractivity contribution in [1.29, 1.82) is 0 Å². The molecule has 2 aromatic rings. The lowest BCUT2D eigenvalue weighted by Crippen LogP contribution is -2.12. The van der Waals surface area contributed by atoms with Gasteiger partial charge in [0.2, 0.25) is 0 Å². The Labute approximate surface area is 125 Å². The summed E-state index contributed by atoms with van der Waals surface area (Å²) >= 11 is 5.78. The number of hydrogen-bond donors (Lipinski definition) is 3. The predicted molar refractivity (Wildman–Crippen MR) is 77.0 cm³/mol. The molecule has 0 aliphatic carbocycles. The lowest BCUT2D eigenvalue weighted by Gasteiger charge is -2.08. The highest BCUT2D eigenvalue weighted by molar-refractivity contribution is 6.29. The molecule has 1 aromatic heterocycles. The normalized spacial score (nSPS) is 10.2. The number of phenols is 1. The zero-order chi connectivity index (χ0) is 15.6. The average molecular weight is 307 g/mol. The Morgan fingerprint density at radius 3 is 2.52 bits per heavy atom. The molecule has 0 bridgehead atoms. The number of amides is 1. The number of carboxylic acid groups (broad SMARTS) is 1. The molecular weight excluding hydrogens is 296 g/mol. The number of anilines is 1. The quantitative estimate of drug-likeness (QED) is 0.757. The Balaban J connectivity index is 2.23. The molecule has 0 radical (unpaired) electrons. The van der Waals surface area contributed by atoms with Crippen LogP contribution in [-0.2, 0) is 0 Å². The van der Waals surface area contributed by atoms with Crippen LogP contribution in [0.4, 0.5) is 5.69 Å². The molecule has 1 aromatic carbocycles. The fourth-order valence-corrected chi connectivity index (χ4v) is 2.00. The number of carbonyl (C=O) groups excluding carboxylic acids is 1. The van der Waals surface area contributed by atoms with Gasteiger partial charge < -0.3 is 15.5 Å². The molecule has 0 aliphatic rings. The number of carboxylic acids is 1. The molecular formula is C14H11ClN2O4. The summed E-state index contributed by atoms with van der Waals surface area (Å²) < 4.78 is 0. The van der Waals surface area contributed by atoms with E-state index in [2.05, 4.69) is 10.3 Å². The van der Waals surface area contributed by atoms with Crippen LogP contribution in [0.5, 0.6) is 5.75 Å². The maximum absolute atomic E-state index is 12.1. The minimum atomic E-state index is -1.25. The van der Waals surface area contributed by atoms with Gasteiger partial charge in [-0.1, -0.05) is 11.6 Å². The minimum absolute atomic E-state index is 0.198. The first-order chi connectivity index (χ1) is 9.86. The SMILES string of the molecule is Cc1cc(C(=O)Nc2ccc(C(=O)O)c(O)c2)cc(Cl)n1. The van der Waals surface area contributed by atoms with Gasteiger partial charge in [-0.25, -0.2) is 9.78 Å². The van der Waals surface area contributed by atoms with Gasteiger partial charge >= 0.3 is 5.97 Å². The zero-order valence-electron chi connectivity index (χ0n) is 10.9. The van der Waals surface area contributed by atoms with Crippen molar-refractivity contribution >= 4 is 29.2 Å². The first kappa shape index (κ1) is 14.8. The van der Waals surface area contributed by atoms with Gasteiger partial charge in [-0.15, -0.1) is 0 Å². The number of carbonyl (C=O) groups is 2. The third kappa shape index (κ3) is 3.49. The van der Waals surface area contributed by atoms with Gasteiger partial charge in [0, 0.05) is 23.0 Å². The molecule has 0 unspecified atom stereocenters. The third-order valence-electron chi connectivity index (χ3n) is 2.67. The van der Waals surface area contributed by atoms with Crippen LogP contribution in [0.15, 0.2) is 30.3 Å². The molecule has 0 saturated heterocycles. The fourth-order valence-electron chi connectivity index (χ4n) is 1.75. The number of aromatic carboxylic acids is 1. The number of rotatable bonds is 3. The molecule has 1 amide bonds. The summed E-state index contributed by atoms with van der Waals surface area (Å²) in [6.07, 6.45) is 0. The van der Waals surface area contributed by atoms with Crippen LogP contribution in [-0.4, -0.2) is 27.1 Å². The van der Waals surface area contributed by atoms with Crippen LogP contribution in [0.1, 0.15) is 26.4 Å². The van der Waals surface area contributed by atoms with Gasteiger partial charge in [0.05, 0.1) is 0 Å². The molecule has 3 N–H and O–H groups in total. The molecule has 6 nitrogen and oxygen atoms in total. The molecule has 7 heteroatoms. The van der Waals surface area contributed by atoms with E-state index in [0.717, 1.165) is 6.07 Å². The van der Waals surface area contributed by atoms with E-state index in [1.165, 1.54) is 18.2 Å². The lowest BCUT2D eigenvalue weighted by atomic mass is 10.1. The van der Waals surface area contributed by atoms with Crippen molar-refractivity contribution in [1.82, 2.24) is 4.98 Å². The highest BCUT2D eigenvalue weighted by atomic mass is 35.5. The third-order valence-corrected chi connectivity index (χ3v) is 2.86. The van der Waals surface area contributed by atoms with Crippen LogP contribution < -0.4 is 5.32 Å². The number of benzene rings is 1. The maximum atomic E-state index is 12.1. The summed E-state index contributed by atoms with van der Waals surface area (Å²) in [7, 11) is 0. The topological polar surface area (TPSA) is 99.5 Å². The van der Waals surface area contributed by atoms with Crippen molar-refractivity contribution < 1.29 is 19.8 Å². The second-order valence-corrected chi connectivity index (χ2v) is 4.70. The van der Waals surface area contributed by atoms with Gasteiger partial charge in [0.1, 0.15) is 16.5 Å². The first-order valence-electron chi connectivity index (χ1n) is 5.88. The monoisotopic (exact) mass is 306 g/mol. The van der Waals surface area contributed by atoms with Crippen molar-refractivity contribution in [2.24, 2.45) is 0 Å². The van der Waals surface area contributed by atoms with Crippen LogP contribution in [0, 0.1) is 6.92 Å². The molecule has 0 atom stereocenters. The van der Waals surface area contributed by atoms with E-state index in [1.807, 2.05) is 0 Å². The number of aryl methyl sites for hydroxylation is 1. The second-order valence-electron chi connectivity index (χ2n) is 4.31. The van der Waals surface area contributed by atoms with E-state index in [0.29, 0.717) is 11.3 Å². The van der Waals surface area contributed by atoms with Crippen molar-refractivity contribution in [3.63, 3.8) is 0 Å². The smallest absolute Gasteiger partial charge is 0.339 e. The standard InChI is InChI=1S/C14H11ClN2O4/c1-7-4-8(5-12(15)16-7)13(19)17-9-2-3-10(14(20)21)11(18)6-9/h2-6,18H,1H3,(H,17,19)(H,20,21). The summed E-state index contributed by atoms with van der Waals surface area (Å²) in [5, 5.41) is 21.1. The summed E-state index contributed by atoms with van der Waals surface area (Å²) in [5.74, 6) is -2.11. The number of pyridine rings is 1. The van der Waals surface area contributed by atoms with Crippen LogP contribution >= 0.6 is 11.6 Å². The van der Waals surface area contributed by atoms with Gasteiger partial charge in [0.15, 0.2) is 0 Å². The van der Waals surface area contributed by atoms with E-state index < -0.39 is 17.6 Å². The van der Waals surface area contributed by atoms with Crippen LogP contribution in [0.2, 0.25) is 5.15 Å².